The molecule has 1 aromatic heterocycles. The number of aromatic nitrogens is 2. The Morgan fingerprint density at radius 3 is 2.88 bits per heavy atom. The Balaban J connectivity index is 1.32. The highest BCUT2D eigenvalue weighted by Gasteiger charge is 2.42. The quantitative estimate of drug-likeness (QED) is 0.860. The Hall–Kier alpha value is -2.30. The van der Waals surface area contributed by atoms with Crippen LogP contribution in [0.3, 0.4) is 0 Å². The van der Waals surface area contributed by atoms with Crippen molar-refractivity contribution in [3.63, 3.8) is 0 Å². The highest BCUT2D eigenvalue weighted by molar-refractivity contribution is 5.92. The molecule has 4 atom stereocenters. The number of carbonyl (C=O) groups is 1. The van der Waals surface area contributed by atoms with Crippen molar-refractivity contribution in [3.8, 4) is 5.75 Å². The molecule has 0 radical (unpaired) electrons. The van der Waals surface area contributed by atoms with Gasteiger partial charge in [0.15, 0.2) is 6.73 Å². The molecule has 4 rings (SSSR count). The minimum Gasteiger partial charge on any atom is -0.471 e. The van der Waals surface area contributed by atoms with Gasteiger partial charge >= 0.3 is 0 Å². The third kappa shape index (κ3) is 3.48. The van der Waals surface area contributed by atoms with E-state index in [1.807, 2.05) is 31.2 Å². The van der Waals surface area contributed by atoms with Crippen LogP contribution in [0.1, 0.15) is 48.7 Å². The van der Waals surface area contributed by atoms with Crippen LogP contribution in [-0.4, -0.2) is 21.7 Å². The molecule has 1 amide bonds. The molecule has 0 aliphatic heterocycles. The van der Waals surface area contributed by atoms with Gasteiger partial charge in [-0.25, -0.2) is 4.68 Å². The molecule has 2 aliphatic carbocycles. The number of carbonyl (C=O) groups excluding carboxylic acids is 1. The molecule has 2 aliphatic rings. The molecular weight excluding hydrogens is 326 g/mol. The molecular formula is C21H27N3O2. The van der Waals surface area contributed by atoms with Gasteiger partial charge in [-0.15, -0.1) is 0 Å². The summed E-state index contributed by atoms with van der Waals surface area (Å²) in [4.78, 5) is 12.5. The second-order valence-electron chi connectivity index (χ2n) is 7.88. The number of hydrogen-bond acceptors (Lipinski definition) is 3. The molecule has 2 bridgehead atoms. The summed E-state index contributed by atoms with van der Waals surface area (Å²) >= 11 is 0. The fraction of sp³-hybridized carbons (Fsp3) is 0.524. The third-order valence-corrected chi connectivity index (χ3v) is 6.11. The Kier molecular flexibility index (Phi) is 4.70. The summed E-state index contributed by atoms with van der Waals surface area (Å²) < 4.78 is 7.44. The van der Waals surface area contributed by atoms with Gasteiger partial charge in [0.05, 0.1) is 0 Å². The Bertz CT molecular complexity index is 785. The molecule has 2 fully saturated rings. The van der Waals surface area contributed by atoms with E-state index in [1.165, 1.54) is 25.7 Å². The van der Waals surface area contributed by atoms with Crippen LogP contribution in [0.4, 0.5) is 0 Å². The Labute approximate surface area is 154 Å². The van der Waals surface area contributed by atoms with Gasteiger partial charge in [0.1, 0.15) is 11.4 Å². The van der Waals surface area contributed by atoms with E-state index in [4.69, 9.17) is 4.74 Å². The molecule has 0 spiro atoms. The maximum atomic E-state index is 12.5. The molecule has 26 heavy (non-hydrogen) atoms. The van der Waals surface area contributed by atoms with E-state index < -0.39 is 0 Å². The van der Waals surface area contributed by atoms with Gasteiger partial charge in [-0.1, -0.05) is 24.6 Å². The Morgan fingerprint density at radius 1 is 1.31 bits per heavy atom. The number of nitrogens with zero attached hydrogens (tertiary/aromatic N) is 2. The first-order valence-corrected chi connectivity index (χ1v) is 9.63. The summed E-state index contributed by atoms with van der Waals surface area (Å²) in [5.74, 6) is 3.07. The number of amides is 1. The first-order valence-electron chi connectivity index (χ1n) is 9.63. The molecule has 5 nitrogen and oxygen atoms in total. The smallest absolute Gasteiger partial charge is 0.271 e. The number of para-hydroxylation sites is 1. The Morgan fingerprint density at radius 2 is 2.15 bits per heavy atom. The highest BCUT2D eigenvalue weighted by Crippen LogP contribution is 2.49. The molecule has 2 aromatic rings. The van der Waals surface area contributed by atoms with Crippen molar-refractivity contribution in [1.82, 2.24) is 15.1 Å². The first-order chi connectivity index (χ1) is 12.6. The average Bonchev–Trinajstić information content (AvgIpc) is 3.37. The molecule has 1 heterocycles. The summed E-state index contributed by atoms with van der Waals surface area (Å²) in [6.07, 6.45) is 7.13. The van der Waals surface area contributed by atoms with Crippen LogP contribution < -0.4 is 10.1 Å². The summed E-state index contributed by atoms with van der Waals surface area (Å²) in [5, 5.41) is 7.53. The zero-order valence-corrected chi connectivity index (χ0v) is 15.5. The van der Waals surface area contributed by atoms with Crippen molar-refractivity contribution in [1.29, 1.82) is 0 Å². The van der Waals surface area contributed by atoms with Gasteiger partial charge in [0.2, 0.25) is 0 Å². The lowest BCUT2D eigenvalue weighted by molar-refractivity contribution is 0.0908. The number of rotatable bonds is 6. The summed E-state index contributed by atoms with van der Waals surface area (Å²) in [6, 6.07) is 9.84. The fourth-order valence-electron chi connectivity index (χ4n) is 4.70. The van der Waals surface area contributed by atoms with E-state index in [-0.39, 0.29) is 11.9 Å². The number of hydrogen-bond donors (Lipinski definition) is 1. The third-order valence-electron chi connectivity index (χ3n) is 6.11. The lowest BCUT2D eigenvalue weighted by Crippen LogP contribution is -2.40. The second kappa shape index (κ2) is 7.14. The van der Waals surface area contributed by atoms with Crippen LogP contribution in [0.15, 0.2) is 36.5 Å². The fourth-order valence-corrected chi connectivity index (χ4v) is 4.70. The van der Waals surface area contributed by atoms with E-state index in [9.17, 15) is 4.79 Å². The minimum atomic E-state index is -0.0880. The molecule has 138 valence electrons. The van der Waals surface area contributed by atoms with Crippen LogP contribution >= 0.6 is 0 Å². The lowest BCUT2D eigenvalue weighted by Gasteiger charge is -2.28. The first kappa shape index (κ1) is 17.1. The van der Waals surface area contributed by atoms with Gasteiger partial charge in [-0.3, -0.25) is 4.79 Å². The van der Waals surface area contributed by atoms with Crippen LogP contribution in [0.25, 0.3) is 0 Å². The van der Waals surface area contributed by atoms with E-state index in [0.29, 0.717) is 18.3 Å². The topological polar surface area (TPSA) is 56.1 Å². The number of fused-ring (bicyclic) bond motifs is 2. The minimum absolute atomic E-state index is 0.0880. The second-order valence-corrected chi connectivity index (χ2v) is 7.88. The summed E-state index contributed by atoms with van der Waals surface area (Å²) in [5.41, 5.74) is 1.53. The maximum Gasteiger partial charge on any atom is 0.271 e. The molecule has 0 saturated heterocycles. The van der Waals surface area contributed by atoms with Crippen molar-refractivity contribution >= 4 is 5.91 Å². The molecule has 1 aromatic carbocycles. The summed E-state index contributed by atoms with van der Waals surface area (Å²) in [7, 11) is 0. The van der Waals surface area contributed by atoms with E-state index >= 15 is 0 Å². The van der Waals surface area contributed by atoms with Crippen LogP contribution in [0.5, 0.6) is 5.75 Å². The zero-order chi connectivity index (χ0) is 18.1. The van der Waals surface area contributed by atoms with Crippen molar-refractivity contribution in [2.75, 3.05) is 0 Å². The standard InChI is InChI=1S/C21H27N3O2/c1-14-5-3-4-6-20(14)26-13-24-10-9-19(23-24)21(25)22-15(2)18-12-16-7-8-17(18)11-16/h3-6,9-10,15-18H,7-8,11-13H2,1-2H3,(H,22,25). The van der Waals surface area contributed by atoms with Crippen molar-refractivity contribution in [2.45, 2.75) is 52.3 Å². The van der Waals surface area contributed by atoms with Gasteiger partial charge in [-0.2, -0.15) is 5.10 Å². The van der Waals surface area contributed by atoms with Crippen LogP contribution in [-0.2, 0) is 6.73 Å². The lowest BCUT2D eigenvalue weighted by atomic mass is 9.84. The summed E-state index contributed by atoms with van der Waals surface area (Å²) in [6.45, 7) is 4.44. The van der Waals surface area contributed by atoms with E-state index in [2.05, 4.69) is 17.3 Å². The predicted octanol–water partition coefficient (Wildman–Crippen LogP) is 3.78. The molecule has 4 unspecified atom stereocenters. The van der Waals surface area contributed by atoms with Crippen molar-refractivity contribution in [2.24, 2.45) is 17.8 Å². The van der Waals surface area contributed by atoms with Gasteiger partial charge in [-0.05, 0) is 68.6 Å². The largest absolute Gasteiger partial charge is 0.471 e. The van der Waals surface area contributed by atoms with Crippen LogP contribution in [0, 0.1) is 24.7 Å². The van der Waals surface area contributed by atoms with E-state index in [1.54, 1.807) is 16.9 Å². The highest BCUT2D eigenvalue weighted by atomic mass is 16.5. The van der Waals surface area contributed by atoms with Gasteiger partial charge in [0.25, 0.3) is 5.91 Å². The van der Waals surface area contributed by atoms with E-state index in [0.717, 1.165) is 23.1 Å². The van der Waals surface area contributed by atoms with Gasteiger partial charge in [0, 0.05) is 12.2 Å². The predicted molar refractivity (Wildman–Crippen MR) is 99.9 cm³/mol. The zero-order valence-electron chi connectivity index (χ0n) is 15.5. The van der Waals surface area contributed by atoms with Crippen molar-refractivity contribution in [3.05, 3.63) is 47.8 Å². The number of ether oxygens (including phenoxy) is 1. The number of aryl methyl sites for hydroxylation is 1. The van der Waals surface area contributed by atoms with Crippen molar-refractivity contribution < 1.29 is 9.53 Å². The van der Waals surface area contributed by atoms with Crippen LogP contribution in [0.2, 0.25) is 0 Å². The van der Waals surface area contributed by atoms with Gasteiger partial charge < -0.3 is 10.1 Å². The SMILES string of the molecule is Cc1ccccc1OCn1ccc(C(=O)NC(C)C2CC3CCC2C3)n1. The molecule has 1 N–H and O–H groups in total. The maximum absolute atomic E-state index is 12.5. The molecule has 2 saturated carbocycles. The number of nitrogens with one attached hydrogen (secondary N) is 1. The number of benzene rings is 1. The normalized spacial score (nSPS) is 25.2. The molecule has 5 heteroatoms. The average molecular weight is 353 g/mol. The monoisotopic (exact) mass is 353 g/mol.